The molecule has 10 heteroatoms. The van der Waals surface area contributed by atoms with Gasteiger partial charge in [0.25, 0.3) is 0 Å². The van der Waals surface area contributed by atoms with Crippen LogP contribution in [0, 0.1) is 0 Å². The van der Waals surface area contributed by atoms with Gasteiger partial charge in [-0.25, -0.2) is 4.99 Å². The molecule has 0 radical (unpaired) electrons. The molecule has 3 aromatic rings. The molecule has 0 unspecified atom stereocenters. The second kappa shape index (κ2) is 10.5. The van der Waals surface area contributed by atoms with E-state index in [0.717, 1.165) is 29.5 Å². The van der Waals surface area contributed by atoms with Crippen LogP contribution in [0.15, 0.2) is 83.9 Å². The zero-order chi connectivity index (χ0) is 25.0. The van der Waals surface area contributed by atoms with Crippen molar-refractivity contribution in [2.45, 2.75) is 24.4 Å². The lowest BCUT2D eigenvalue weighted by atomic mass is 10.2. The first kappa shape index (κ1) is 24.8. The highest BCUT2D eigenvalue weighted by atomic mass is 35.5. The van der Waals surface area contributed by atoms with Gasteiger partial charge < -0.3 is 5.32 Å². The number of amides is 2. The second-order valence-electron chi connectivity index (χ2n) is 7.71. The quantitative estimate of drug-likeness (QED) is 0.405. The maximum absolute atomic E-state index is 13.2. The van der Waals surface area contributed by atoms with Gasteiger partial charge in [-0.1, -0.05) is 53.7 Å². The van der Waals surface area contributed by atoms with Gasteiger partial charge in [0, 0.05) is 17.1 Å². The number of hydrogen-bond acceptors (Lipinski definition) is 4. The molecule has 1 aliphatic rings. The Labute approximate surface area is 209 Å². The molecular formula is C25H19ClF3N3O2S. The Morgan fingerprint density at radius 2 is 1.66 bits per heavy atom. The summed E-state index contributed by atoms with van der Waals surface area (Å²) in [5.74, 6) is -0.649. The Bertz CT molecular complexity index is 1230. The predicted octanol–water partition coefficient (Wildman–Crippen LogP) is 6.52. The standard InChI is InChI=1S/C25H19ClF3N3O2S/c26-18-8-12-19(13-9-18)30-22(33)14-21-23(34)32(15-16-4-2-1-3-5-16)24(35-21)31-20-10-6-17(7-11-20)25(27,28)29/h1-13,21H,14-15H2,(H,30,33)/t21-/m0/s1. The van der Waals surface area contributed by atoms with Crippen LogP contribution in [0.3, 0.4) is 0 Å². The third-order valence-electron chi connectivity index (χ3n) is 5.12. The Balaban J connectivity index is 1.54. The monoisotopic (exact) mass is 517 g/mol. The Morgan fingerprint density at radius 3 is 2.29 bits per heavy atom. The van der Waals surface area contributed by atoms with Crippen LogP contribution in [0.2, 0.25) is 5.02 Å². The molecule has 1 saturated heterocycles. The summed E-state index contributed by atoms with van der Waals surface area (Å²) in [7, 11) is 0. The van der Waals surface area contributed by atoms with Crippen molar-refractivity contribution >= 4 is 51.7 Å². The average molecular weight is 518 g/mol. The van der Waals surface area contributed by atoms with E-state index in [4.69, 9.17) is 11.6 Å². The van der Waals surface area contributed by atoms with Gasteiger partial charge in [-0.05, 0) is 54.1 Å². The number of benzene rings is 3. The van der Waals surface area contributed by atoms with Gasteiger partial charge in [-0.2, -0.15) is 13.2 Å². The zero-order valence-corrected chi connectivity index (χ0v) is 19.7. The Hall–Kier alpha value is -3.30. The van der Waals surface area contributed by atoms with Gasteiger partial charge in [-0.15, -0.1) is 0 Å². The number of hydrogen-bond donors (Lipinski definition) is 1. The lowest BCUT2D eigenvalue weighted by molar-refractivity contribution is -0.137. The number of carbonyl (C=O) groups is 2. The first-order chi connectivity index (χ1) is 16.7. The van der Waals surface area contributed by atoms with E-state index in [1.165, 1.54) is 17.0 Å². The molecule has 0 aromatic heterocycles. The third-order valence-corrected chi connectivity index (χ3v) is 6.55. The molecule has 1 fully saturated rings. The van der Waals surface area contributed by atoms with Crippen molar-refractivity contribution in [1.82, 2.24) is 4.90 Å². The van der Waals surface area contributed by atoms with E-state index in [2.05, 4.69) is 10.3 Å². The highest BCUT2D eigenvalue weighted by Gasteiger charge is 2.39. The molecule has 0 aliphatic carbocycles. The number of halogens is 4. The number of carbonyl (C=O) groups excluding carboxylic acids is 2. The van der Waals surface area contributed by atoms with Crippen molar-refractivity contribution in [3.8, 4) is 0 Å². The number of thioether (sulfide) groups is 1. The number of amidine groups is 1. The molecule has 4 rings (SSSR count). The van der Waals surface area contributed by atoms with Crippen molar-refractivity contribution in [3.63, 3.8) is 0 Å². The van der Waals surface area contributed by atoms with Crippen LogP contribution in [0.25, 0.3) is 0 Å². The molecule has 2 amide bonds. The van der Waals surface area contributed by atoms with Crippen LogP contribution in [-0.4, -0.2) is 27.1 Å². The number of aliphatic imine (C=N–C) groups is 1. The normalized spacial score (nSPS) is 17.1. The first-order valence-electron chi connectivity index (χ1n) is 10.5. The topological polar surface area (TPSA) is 61.8 Å². The van der Waals surface area contributed by atoms with Gasteiger partial charge in [0.2, 0.25) is 11.8 Å². The van der Waals surface area contributed by atoms with Crippen molar-refractivity contribution < 1.29 is 22.8 Å². The fourth-order valence-electron chi connectivity index (χ4n) is 3.39. The van der Waals surface area contributed by atoms with Crippen LogP contribution < -0.4 is 5.32 Å². The van der Waals surface area contributed by atoms with E-state index >= 15 is 0 Å². The van der Waals surface area contributed by atoms with Crippen molar-refractivity contribution in [3.05, 3.63) is 95.0 Å². The molecular weight excluding hydrogens is 499 g/mol. The number of anilines is 1. The average Bonchev–Trinajstić information content (AvgIpc) is 3.09. The van der Waals surface area contributed by atoms with Crippen molar-refractivity contribution in [2.75, 3.05) is 5.32 Å². The van der Waals surface area contributed by atoms with Gasteiger partial charge >= 0.3 is 6.18 Å². The molecule has 5 nitrogen and oxygen atoms in total. The van der Waals surface area contributed by atoms with Crippen molar-refractivity contribution in [1.29, 1.82) is 0 Å². The maximum atomic E-state index is 13.2. The molecule has 0 saturated carbocycles. The zero-order valence-electron chi connectivity index (χ0n) is 18.1. The van der Waals surface area contributed by atoms with Gasteiger partial charge in [0.15, 0.2) is 5.17 Å². The first-order valence-corrected chi connectivity index (χ1v) is 11.8. The smallest absolute Gasteiger partial charge is 0.326 e. The van der Waals surface area contributed by atoms with Crippen molar-refractivity contribution in [2.24, 2.45) is 4.99 Å². The third kappa shape index (κ3) is 6.43. The molecule has 0 bridgehead atoms. The molecule has 1 atom stereocenters. The number of alkyl halides is 3. The van der Waals surface area contributed by atoms with Gasteiger partial charge in [-0.3, -0.25) is 14.5 Å². The van der Waals surface area contributed by atoms with Crippen LogP contribution in [0.4, 0.5) is 24.5 Å². The lowest BCUT2D eigenvalue weighted by Gasteiger charge is -2.16. The molecule has 1 N–H and O–H groups in total. The van der Waals surface area contributed by atoms with E-state index in [-0.39, 0.29) is 30.5 Å². The number of nitrogens with one attached hydrogen (secondary N) is 1. The summed E-state index contributed by atoms with van der Waals surface area (Å²) in [6, 6.07) is 20.2. The summed E-state index contributed by atoms with van der Waals surface area (Å²) < 4.78 is 38.7. The van der Waals surface area contributed by atoms with E-state index in [0.29, 0.717) is 15.9 Å². The number of nitrogens with zero attached hydrogens (tertiary/aromatic N) is 2. The van der Waals surface area contributed by atoms with E-state index in [1.54, 1.807) is 24.3 Å². The molecule has 1 heterocycles. The summed E-state index contributed by atoms with van der Waals surface area (Å²) >= 11 is 6.98. The van der Waals surface area contributed by atoms with Crippen LogP contribution in [0.1, 0.15) is 17.5 Å². The van der Waals surface area contributed by atoms with Crippen LogP contribution >= 0.6 is 23.4 Å². The predicted molar refractivity (Wildman–Crippen MR) is 132 cm³/mol. The SMILES string of the molecule is O=C(C[C@@H]1SC(=Nc2ccc(C(F)(F)F)cc2)N(Cc2ccccc2)C1=O)Nc1ccc(Cl)cc1. The second-order valence-corrected chi connectivity index (χ2v) is 9.32. The number of rotatable bonds is 6. The summed E-state index contributed by atoms with van der Waals surface area (Å²) in [4.78, 5) is 31.7. The van der Waals surface area contributed by atoms with Gasteiger partial charge in [0.05, 0.1) is 17.8 Å². The summed E-state index contributed by atoms with van der Waals surface area (Å²) in [5, 5.41) is 2.87. The van der Waals surface area contributed by atoms with Gasteiger partial charge in [0.1, 0.15) is 5.25 Å². The minimum absolute atomic E-state index is 0.0938. The minimum atomic E-state index is -4.45. The van der Waals surface area contributed by atoms with E-state index in [9.17, 15) is 22.8 Å². The van der Waals surface area contributed by atoms with Crippen LogP contribution in [0.5, 0.6) is 0 Å². The van der Waals surface area contributed by atoms with E-state index < -0.39 is 17.0 Å². The molecule has 3 aromatic carbocycles. The highest BCUT2D eigenvalue weighted by Crippen LogP contribution is 2.34. The molecule has 180 valence electrons. The fourth-order valence-corrected chi connectivity index (χ4v) is 4.67. The fraction of sp³-hybridized carbons (Fsp3) is 0.160. The summed E-state index contributed by atoms with van der Waals surface area (Å²) in [5.41, 5.74) is 0.898. The maximum Gasteiger partial charge on any atom is 0.416 e. The Kier molecular flexibility index (Phi) is 7.47. The molecule has 35 heavy (non-hydrogen) atoms. The molecule has 0 spiro atoms. The van der Waals surface area contributed by atoms with E-state index in [1.807, 2.05) is 30.3 Å². The van der Waals surface area contributed by atoms with Crippen LogP contribution in [-0.2, 0) is 22.3 Å². The molecule has 1 aliphatic heterocycles. The highest BCUT2D eigenvalue weighted by molar-refractivity contribution is 8.15. The lowest BCUT2D eigenvalue weighted by Crippen LogP contribution is -2.33. The largest absolute Gasteiger partial charge is 0.416 e. The summed E-state index contributed by atoms with van der Waals surface area (Å²) in [6.45, 7) is 0.224. The minimum Gasteiger partial charge on any atom is -0.326 e. The summed E-state index contributed by atoms with van der Waals surface area (Å²) in [6.07, 6.45) is -4.55. The Morgan fingerprint density at radius 1 is 1.00 bits per heavy atom.